The number of nitrogens with zero attached hydrogens (tertiary/aromatic N) is 3. The van der Waals surface area contributed by atoms with Crippen LogP contribution in [0.25, 0.3) is 0 Å². The number of hydrogen-bond donors (Lipinski definition) is 1. The van der Waals surface area contributed by atoms with Crippen LogP contribution in [0, 0.1) is 0 Å². The largest absolute Gasteiger partial charge is 0.508 e. The molecular weight excluding hydrogens is 142 g/mol. The summed E-state index contributed by atoms with van der Waals surface area (Å²) in [6, 6.07) is 0. The summed E-state index contributed by atoms with van der Waals surface area (Å²) in [5.74, 6) is 0.295. The van der Waals surface area contributed by atoms with Gasteiger partial charge >= 0.3 is 0 Å². The average Bonchev–Trinajstić information content (AvgIpc) is 2.33. The van der Waals surface area contributed by atoms with Crippen molar-refractivity contribution in [2.75, 3.05) is 7.05 Å². The number of rotatable bonds is 0. The van der Waals surface area contributed by atoms with E-state index in [0.717, 1.165) is 0 Å². The zero-order valence-corrected chi connectivity index (χ0v) is 6.18. The van der Waals surface area contributed by atoms with Gasteiger partial charge in [-0.3, -0.25) is 0 Å². The van der Waals surface area contributed by atoms with Crippen molar-refractivity contribution in [2.45, 2.75) is 6.17 Å². The van der Waals surface area contributed by atoms with Gasteiger partial charge in [0.25, 0.3) is 0 Å². The van der Waals surface area contributed by atoms with Crippen molar-refractivity contribution in [3.8, 4) is 0 Å². The molecule has 11 heavy (non-hydrogen) atoms. The Bertz CT molecular complexity index is 256. The van der Waals surface area contributed by atoms with Crippen molar-refractivity contribution in [2.24, 2.45) is 5.10 Å². The van der Waals surface area contributed by atoms with E-state index in [-0.39, 0.29) is 6.17 Å². The van der Waals surface area contributed by atoms with E-state index in [1.165, 1.54) is 0 Å². The quantitative estimate of drug-likeness (QED) is 0.547. The van der Waals surface area contributed by atoms with Crippen molar-refractivity contribution >= 4 is 6.34 Å². The summed E-state index contributed by atoms with van der Waals surface area (Å²) in [5.41, 5.74) is 0. The molecule has 0 bridgehead atoms. The van der Waals surface area contributed by atoms with Crippen molar-refractivity contribution in [1.29, 1.82) is 0 Å². The van der Waals surface area contributed by atoms with E-state index in [9.17, 15) is 0 Å². The van der Waals surface area contributed by atoms with Crippen molar-refractivity contribution < 1.29 is 5.11 Å². The molecule has 4 heteroatoms. The van der Waals surface area contributed by atoms with Crippen LogP contribution in [0.3, 0.4) is 0 Å². The second-order valence-corrected chi connectivity index (χ2v) is 2.60. The molecule has 0 aliphatic carbocycles. The van der Waals surface area contributed by atoms with Gasteiger partial charge in [-0.15, -0.1) is 0 Å². The first-order valence-corrected chi connectivity index (χ1v) is 3.41. The Kier molecular flexibility index (Phi) is 1.15. The lowest BCUT2D eigenvalue weighted by Crippen LogP contribution is -2.34. The molecule has 0 radical (unpaired) electrons. The highest BCUT2D eigenvalue weighted by Gasteiger charge is 2.23. The predicted molar refractivity (Wildman–Crippen MR) is 41.7 cm³/mol. The molecule has 4 nitrogen and oxygen atoms in total. The fraction of sp³-hybridized carbons (Fsp3) is 0.286. The molecule has 0 aromatic rings. The maximum atomic E-state index is 9.14. The van der Waals surface area contributed by atoms with E-state index in [0.29, 0.717) is 5.76 Å². The molecule has 0 aromatic carbocycles. The summed E-state index contributed by atoms with van der Waals surface area (Å²) in [5, 5.41) is 15.0. The van der Waals surface area contributed by atoms with Crippen LogP contribution in [0.15, 0.2) is 29.2 Å². The summed E-state index contributed by atoms with van der Waals surface area (Å²) >= 11 is 0. The molecule has 2 heterocycles. The van der Waals surface area contributed by atoms with Gasteiger partial charge in [0.15, 0.2) is 0 Å². The van der Waals surface area contributed by atoms with Crippen LogP contribution in [-0.4, -0.2) is 34.6 Å². The molecule has 1 atom stereocenters. The van der Waals surface area contributed by atoms with Crippen LogP contribution in [0.5, 0.6) is 0 Å². The normalized spacial score (nSPS) is 27.4. The number of fused-ring (bicyclic) bond motifs is 1. The maximum Gasteiger partial charge on any atom is 0.146 e. The van der Waals surface area contributed by atoms with Crippen LogP contribution in [0.4, 0.5) is 0 Å². The number of likely N-dealkylation sites (N-methyl/N-ethyl adjacent to an activating group) is 1. The topological polar surface area (TPSA) is 39.1 Å². The lowest BCUT2D eigenvalue weighted by atomic mass is 10.3. The van der Waals surface area contributed by atoms with Crippen molar-refractivity contribution in [3.63, 3.8) is 0 Å². The second-order valence-electron chi connectivity index (χ2n) is 2.60. The first-order valence-electron chi connectivity index (χ1n) is 3.41. The molecule has 1 N–H and O–H groups in total. The first-order chi connectivity index (χ1) is 5.27. The zero-order valence-electron chi connectivity index (χ0n) is 6.18. The summed E-state index contributed by atoms with van der Waals surface area (Å²) in [4.78, 5) is 1.92. The Morgan fingerprint density at radius 2 is 2.45 bits per heavy atom. The van der Waals surface area contributed by atoms with Gasteiger partial charge in [0.1, 0.15) is 18.3 Å². The molecule has 2 aliphatic heterocycles. The van der Waals surface area contributed by atoms with Crippen molar-refractivity contribution in [3.05, 3.63) is 24.1 Å². The third-order valence-electron chi connectivity index (χ3n) is 1.77. The Labute approximate surface area is 64.7 Å². The van der Waals surface area contributed by atoms with Gasteiger partial charge in [0, 0.05) is 19.3 Å². The zero-order chi connectivity index (χ0) is 7.84. The SMILES string of the molecule is CN1C=NN2C=CC(O)=CC12. The summed E-state index contributed by atoms with van der Waals surface area (Å²) in [6.07, 6.45) is 6.89. The van der Waals surface area contributed by atoms with Crippen LogP contribution in [0.1, 0.15) is 0 Å². The summed E-state index contributed by atoms with van der Waals surface area (Å²) < 4.78 is 0. The highest BCUT2D eigenvalue weighted by atomic mass is 16.3. The molecule has 0 spiro atoms. The van der Waals surface area contributed by atoms with Crippen LogP contribution in [0.2, 0.25) is 0 Å². The fourth-order valence-corrected chi connectivity index (χ4v) is 1.15. The molecular formula is C7H9N3O. The van der Waals surface area contributed by atoms with Gasteiger partial charge in [0.2, 0.25) is 0 Å². The van der Waals surface area contributed by atoms with E-state index in [1.807, 2.05) is 11.9 Å². The third kappa shape index (κ3) is 0.869. The van der Waals surface area contributed by atoms with E-state index in [2.05, 4.69) is 5.10 Å². The Morgan fingerprint density at radius 3 is 3.27 bits per heavy atom. The van der Waals surface area contributed by atoms with E-state index < -0.39 is 0 Å². The van der Waals surface area contributed by atoms with Crippen LogP contribution >= 0.6 is 0 Å². The predicted octanol–water partition coefficient (Wildman–Crippen LogP) is 0.472. The first kappa shape index (κ1) is 6.27. The van der Waals surface area contributed by atoms with Gasteiger partial charge in [-0.2, -0.15) is 5.10 Å². The second kappa shape index (κ2) is 2.02. The minimum absolute atomic E-state index is 0.0556. The average molecular weight is 151 g/mol. The van der Waals surface area contributed by atoms with E-state index in [4.69, 9.17) is 5.11 Å². The molecule has 0 aromatic heterocycles. The molecule has 0 saturated heterocycles. The number of aliphatic hydroxyl groups excluding tert-OH is 1. The Balaban J connectivity index is 2.27. The Morgan fingerprint density at radius 1 is 1.64 bits per heavy atom. The van der Waals surface area contributed by atoms with E-state index >= 15 is 0 Å². The van der Waals surface area contributed by atoms with Gasteiger partial charge in [-0.1, -0.05) is 0 Å². The van der Waals surface area contributed by atoms with Gasteiger partial charge in [-0.25, -0.2) is 5.01 Å². The molecule has 2 aliphatic rings. The maximum absolute atomic E-state index is 9.14. The Hall–Kier alpha value is -1.45. The standard InChI is InChI=1S/C7H9N3O/c1-9-5-8-10-3-2-6(11)4-7(9)10/h2-5,7,11H,1H3. The van der Waals surface area contributed by atoms with Crippen LogP contribution in [-0.2, 0) is 0 Å². The van der Waals surface area contributed by atoms with Gasteiger partial charge in [-0.05, 0) is 6.08 Å². The van der Waals surface area contributed by atoms with Gasteiger partial charge in [0.05, 0.1) is 0 Å². The molecule has 0 amide bonds. The van der Waals surface area contributed by atoms with E-state index in [1.54, 1.807) is 29.7 Å². The number of aliphatic hydroxyl groups is 1. The lowest BCUT2D eigenvalue weighted by molar-refractivity contribution is 0.241. The third-order valence-corrected chi connectivity index (χ3v) is 1.77. The van der Waals surface area contributed by atoms with Gasteiger partial charge < -0.3 is 10.0 Å². The molecule has 58 valence electrons. The number of hydrogen-bond acceptors (Lipinski definition) is 4. The summed E-state index contributed by atoms with van der Waals surface area (Å²) in [7, 11) is 1.91. The van der Waals surface area contributed by atoms with Crippen LogP contribution < -0.4 is 0 Å². The molecule has 0 fully saturated rings. The molecule has 0 saturated carbocycles. The fourth-order valence-electron chi connectivity index (χ4n) is 1.15. The number of hydrazone groups is 1. The minimum Gasteiger partial charge on any atom is -0.508 e. The monoisotopic (exact) mass is 151 g/mol. The van der Waals surface area contributed by atoms with Crippen molar-refractivity contribution in [1.82, 2.24) is 9.91 Å². The summed E-state index contributed by atoms with van der Waals surface area (Å²) in [6.45, 7) is 0. The highest BCUT2D eigenvalue weighted by molar-refractivity contribution is 5.58. The molecule has 1 unspecified atom stereocenters. The smallest absolute Gasteiger partial charge is 0.146 e. The number of allylic oxidation sites excluding steroid dienone is 1. The minimum atomic E-state index is 0.0556. The highest BCUT2D eigenvalue weighted by Crippen LogP contribution is 2.17. The molecule has 2 rings (SSSR count). The lowest BCUT2D eigenvalue weighted by Gasteiger charge is -2.24.